The van der Waals surface area contributed by atoms with Crippen LogP contribution in [0.25, 0.3) is 21.8 Å². The third kappa shape index (κ3) is 4.20. The molecule has 1 aromatic heterocycles. The first-order valence-corrected chi connectivity index (χ1v) is 10.2. The number of anilines is 1. The Kier molecular flexibility index (Phi) is 5.80. The van der Waals surface area contributed by atoms with E-state index >= 15 is 0 Å². The second kappa shape index (κ2) is 8.82. The van der Waals surface area contributed by atoms with Crippen molar-refractivity contribution in [3.8, 4) is 0 Å². The second-order valence-corrected chi connectivity index (χ2v) is 7.19. The van der Waals surface area contributed by atoms with Gasteiger partial charge in [-0.2, -0.15) is 0 Å². The van der Waals surface area contributed by atoms with Crippen LogP contribution in [0.15, 0.2) is 72.8 Å². The summed E-state index contributed by atoms with van der Waals surface area (Å²) < 4.78 is 7.38. The fraction of sp³-hybridized carbons (Fsp3) is 0.200. The average Bonchev–Trinajstić information content (AvgIpc) is 3.10. The Labute approximate surface area is 175 Å². The summed E-state index contributed by atoms with van der Waals surface area (Å²) in [7, 11) is 0. The van der Waals surface area contributed by atoms with Crippen molar-refractivity contribution < 1.29 is 14.3 Å². The smallest absolute Gasteiger partial charge is 0.306 e. The van der Waals surface area contributed by atoms with Crippen LogP contribution in [-0.2, 0) is 27.3 Å². The predicted octanol–water partition coefficient (Wildman–Crippen LogP) is 4.93. The van der Waals surface area contributed by atoms with Crippen LogP contribution in [0.2, 0.25) is 0 Å². The Bertz CT molecular complexity index is 1200. The lowest BCUT2D eigenvalue weighted by molar-refractivity contribution is -0.147. The van der Waals surface area contributed by atoms with Crippen molar-refractivity contribution in [2.45, 2.75) is 26.3 Å². The quantitative estimate of drug-likeness (QED) is 0.448. The predicted molar refractivity (Wildman–Crippen MR) is 119 cm³/mol. The number of aromatic nitrogens is 1. The summed E-state index contributed by atoms with van der Waals surface area (Å²) in [6.07, 6.45) is 0.846. The van der Waals surface area contributed by atoms with E-state index in [4.69, 9.17) is 4.74 Å². The molecule has 0 atom stereocenters. The van der Waals surface area contributed by atoms with Crippen molar-refractivity contribution in [1.29, 1.82) is 0 Å². The third-order valence-corrected chi connectivity index (χ3v) is 5.20. The van der Waals surface area contributed by atoms with E-state index in [9.17, 15) is 9.59 Å². The molecule has 0 aliphatic heterocycles. The molecule has 4 aromatic rings. The zero-order valence-corrected chi connectivity index (χ0v) is 16.9. The van der Waals surface area contributed by atoms with Crippen molar-refractivity contribution in [2.24, 2.45) is 0 Å². The molecule has 4 rings (SSSR count). The fourth-order valence-corrected chi connectivity index (χ4v) is 3.78. The summed E-state index contributed by atoms with van der Waals surface area (Å²) in [5.41, 5.74) is 4.06. The maximum Gasteiger partial charge on any atom is 0.306 e. The van der Waals surface area contributed by atoms with E-state index in [2.05, 4.69) is 28.9 Å². The van der Waals surface area contributed by atoms with Gasteiger partial charge in [-0.1, -0.05) is 48.5 Å². The summed E-state index contributed by atoms with van der Waals surface area (Å²) in [5, 5.41) is 5.07. The number of hydrogen-bond acceptors (Lipinski definition) is 3. The summed E-state index contributed by atoms with van der Waals surface area (Å²) >= 11 is 0. The van der Waals surface area contributed by atoms with Gasteiger partial charge in [-0.25, -0.2) is 0 Å². The molecule has 0 spiro atoms. The Morgan fingerprint density at radius 1 is 0.900 bits per heavy atom. The van der Waals surface area contributed by atoms with E-state index in [0.717, 1.165) is 28.4 Å². The molecule has 3 aromatic carbocycles. The number of amides is 1. The average molecular weight is 400 g/mol. The van der Waals surface area contributed by atoms with Gasteiger partial charge in [-0.15, -0.1) is 0 Å². The summed E-state index contributed by atoms with van der Waals surface area (Å²) in [4.78, 5) is 24.2. The number of esters is 1. The lowest BCUT2D eigenvalue weighted by atomic mass is 10.1. The first-order valence-electron chi connectivity index (χ1n) is 10.2. The van der Waals surface area contributed by atoms with E-state index in [1.165, 1.54) is 5.52 Å². The van der Waals surface area contributed by atoms with Gasteiger partial charge in [-0.05, 0) is 43.2 Å². The summed E-state index contributed by atoms with van der Waals surface area (Å²) in [5.74, 6) is -0.725. The van der Waals surface area contributed by atoms with Crippen molar-refractivity contribution in [3.05, 3.63) is 78.4 Å². The zero-order valence-electron chi connectivity index (χ0n) is 16.9. The highest BCUT2D eigenvalue weighted by atomic mass is 16.5. The number of nitrogens with one attached hydrogen (secondary N) is 1. The van der Waals surface area contributed by atoms with E-state index in [1.54, 1.807) is 0 Å². The number of benzene rings is 3. The number of rotatable bonds is 7. The van der Waals surface area contributed by atoms with Crippen LogP contribution >= 0.6 is 0 Å². The van der Waals surface area contributed by atoms with E-state index in [-0.39, 0.29) is 24.9 Å². The molecule has 0 unspecified atom stereocenters. The highest BCUT2D eigenvalue weighted by Crippen LogP contribution is 2.30. The number of para-hydroxylation sites is 1. The van der Waals surface area contributed by atoms with E-state index in [0.29, 0.717) is 12.1 Å². The molecule has 0 aliphatic carbocycles. The molecule has 0 fully saturated rings. The van der Waals surface area contributed by atoms with Gasteiger partial charge in [0, 0.05) is 40.5 Å². The van der Waals surface area contributed by atoms with E-state index < -0.39 is 0 Å². The zero-order chi connectivity index (χ0) is 20.9. The van der Waals surface area contributed by atoms with Crippen LogP contribution in [-0.4, -0.2) is 23.1 Å². The number of ether oxygens (including phenoxy) is 1. The van der Waals surface area contributed by atoms with Crippen LogP contribution in [0.3, 0.4) is 0 Å². The number of carbonyl (C=O) groups excluding carboxylic acids is 2. The minimum Gasteiger partial charge on any atom is -0.456 e. The van der Waals surface area contributed by atoms with Crippen LogP contribution in [0.5, 0.6) is 0 Å². The molecule has 1 heterocycles. The highest BCUT2D eigenvalue weighted by molar-refractivity contribution is 6.09. The first kappa shape index (κ1) is 19.7. The molecule has 30 heavy (non-hydrogen) atoms. The number of carbonyl (C=O) groups is 2. The van der Waals surface area contributed by atoms with Crippen LogP contribution < -0.4 is 5.32 Å². The Morgan fingerprint density at radius 3 is 2.43 bits per heavy atom. The molecule has 0 aliphatic rings. The Morgan fingerprint density at radius 2 is 1.63 bits per heavy atom. The maximum absolute atomic E-state index is 12.3. The van der Waals surface area contributed by atoms with Gasteiger partial charge in [0.15, 0.2) is 6.61 Å². The van der Waals surface area contributed by atoms with Gasteiger partial charge >= 0.3 is 5.97 Å². The summed E-state index contributed by atoms with van der Waals surface area (Å²) in [6.45, 7) is 2.70. The summed E-state index contributed by atoms with van der Waals surface area (Å²) in [6, 6.07) is 23.8. The Hall–Kier alpha value is -3.60. The van der Waals surface area contributed by atoms with Crippen LogP contribution in [0, 0.1) is 0 Å². The molecule has 0 saturated heterocycles. The molecule has 1 amide bonds. The van der Waals surface area contributed by atoms with Gasteiger partial charge in [0.2, 0.25) is 0 Å². The van der Waals surface area contributed by atoms with Gasteiger partial charge in [0.25, 0.3) is 5.91 Å². The SMILES string of the molecule is CCn1c2ccccc2c2cc(NC(=O)COC(=O)CCc3ccccc3)ccc21. The molecule has 0 radical (unpaired) electrons. The monoisotopic (exact) mass is 400 g/mol. The molecule has 0 bridgehead atoms. The fourth-order valence-electron chi connectivity index (χ4n) is 3.78. The van der Waals surface area contributed by atoms with Crippen molar-refractivity contribution in [2.75, 3.05) is 11.9 Å². The van der Waals surface area contributed by atoms with Crippen molar-refractivity contribution in [3.63, 3.8) is 0 Å². The van der Waals surface area contributed by atoms with Crippen LogP contribution in [0.1, 0.15) is 18.9 Å². The molecule has 5 nitrogen and oxygen atoms in total. The number of nitrogens with zero attached hydrogens (tertiary/aromatic N) is 1. The van der Waals surface area contributed by atoms with Gasteiger partial charge in [0.05, 0.1) is 0 Å². The third-order valence-electron chi connectivity index (χ3n) is 5.20. The number of aryl methyl sites for hydroxylation is 2. The highest BCUT2D eigenvalue weighted by Gasteiger charge is 2.12. The normalized spacial score (nSPS) is 11.0. The number of fused-ring (bicyclic) bond motifs is 3. The Balaban J connectivity index is 1.38. The van der Waals surface area contributed by atoms with E-state index in [1.807, 2.05) is 60.7 Å². The van der Waals surface area contributed by atoms with Gasteiger partial charge < -0.3 is 14.6 Å². The molecular weight excluding hydrogens is 376 g/mol. The standard InChI is InChI=1S/C25H24N2O3/c1-2-27-22-11-7-6-10-20(22)21-16-19(13-14-23(21)27)26-24(28)17-30-25(29)15-12-18-8-4-3-5-9-18/h3-11,13-14,16H,2,12,15,17H2,1H3,(H,26,28). The van der Waals surface area contributed by atoms with Gasteiger partial charge in [0.1, 0.15) is 0 Å². The minimum atomic E-state index is -0.379. The van der Waals surface area contributed by atoms with Crippen molar-refractivity contribution >= 4 is 39.4 Å². The molecule has 5 heteroatoms. The maximum atomic E-state index is 12.3. The largest absolute Gasteiger partial charge is 0.456 e. The topological polar surface area (TPSA) is 60.3 Å². The molecule has 1 N–H and O–H groups in total. The first-order chi connectivity index (χ1) is 14.7. The lowest BCUT2D eigenvalue weighted by Gasteiger charge is -2.08. The molecule has 0 saturated carbocycles. The number of hydrogen-bond donors (Lipinski definition) is 1. The van der Waals surface area contributed by atoms with Crippen molar-refractivity contribution in [1.82, 2.24) is 4.57 Å². The second-order valence-electron chi connectivity index (χ2n) is 7.19. The molecule has 152 valence electrons. The van der Waals surface area contributed by atoms with Crippen LogP contribution in [0.4, 0.5) is 5.69 Å². The molecular formula is C25H24N2O3. The van der Waals surface area contributed by atoms with Gasteiger partial charge in [-0.3, -0.25) is 9.59 Å². The lowest BCUT2D eigenvalue weighted by Crippen LogP contribution is -2.21. The minimum absolute atomic E-state index is 0.250.